The van der Waals surface area contributed by atoms with Crippen LogP contribution < -0.4 is 0 Å². The zero-order valence-corrected chi connectivity index (χ0v) is 8.88. The molecule has 0 bridgehead atoms. The number of halogens is 2. The van der Waals surface area contributed by atoms with Gasteiger partial charge in [0.25, 0.3) is 0 Å². The fraction of sp³-hybridized carbons (Fsp3) is 0.250. The van der Waals surface area contributed by atoms with E-state index in [-0.39, 0.29) is 5.75 Å². The van der Waals surface area contributed by atoms with Crippen LogP contribution in [-0.2, 0) is 4.79 Å². The lowest BCUT2D eigenvalue weighted by Crippen LogP contribution is -2.36. The summed E-state index contributed by atoms with van der Waals surface area (Å²) in [5.41, 5.74) is 0.628. The van der Waals surface area contributed by atoms with Crippen LogP contribution in [0.1, 0.15) is 17.9 Å². The molecule has 0 saturated heterocycles. The summed E-state index contributed by atoms with van der Waals surface area (Å²) in [4.78, 5) is 12.2. The largest absolute Gasteiger partial charge is 0.508 e. The van der Waals surface area contributed by atoms with Gasteiger partial charge in [0.15, 0.2) is 0 Å². The smallest absolute Gasteiger partial charge is 0.321 e. The quantitative estimate of drug-likeness (QED) is 0.805. The SMILES string of the molecule is O=C1C(c2ccc(O)cc2)CC=CN1C(F)F. The Kier molecular flexibility index (Phi) is 3.08. The first-order chi connectivity index (χ1) is 8.09. The van der Waals surface area contributed by atoms with E-state index in [0.29, 0.717) is 16.9 Å². The summed E-state index contributed by atoms with van der Waals surface area (Å²) in [6.07, 6.45) is 3.06. The molecule has 1 aromatic carbocycles. The lowest BCUT2D eigenvalue weighted by atomic mass is 9.92. The molecule has 2 rings (SSSR count). The second kappa shape index (κ2) is 4.53. The van der Waals surface area contributed by atoms with Crippen LogP contribution in [-0.4, -0.2) is 22.5 Å². The molecule has 17 heavy (non-hydrogen) atoms. The standard InChI is InChI=1S/C12H11F2NO2/c13-12(14)15-7-1-2-10(11(15)17)8-3-5-9(16)6-4-8/h1,3-7,10,12,16H,2H2. The van der Waals surface area contributed by atoms with E-state index in [9.17, 15) is 13.6 Å². The van der Waals surface area contributed by atoms with E-state index in [1.54, 1.807) is 18.2 Å². The lowest BCUT2D eigenvalue weighted by molar-refractivity contribution is -0.141. The highest BCUT2D eigenvalue weighted by Crippen LogP contribution is 2.29. The van der Waals surface area contributed by atoms with Crippen LogP contribution in [0.3, 0.4) is 0 Å². The molecule has 1 N–H and O–H groups in total. The van der Waals surface area contributed by atoms with Crippen LogP contribution in [0.2, 0.25) is 0 Å². The average Bonchev–Trinajstić information content (AvgIpc) is 2.30. The van der Waals surface area contributed by atoms with Crippen molar-refractivity contribution in [1.82, 2.24) is 4.90 Å². The molecule has 5 heteroatoms. The maximum absolute atomic E-state index is 12.5. The molecule has 90 valence electrons. The molecule has 0 radical (unpaired) electrons. The van der Waals surface area contributed by atoms with E-state index in [1.807, 2.05) is 0 Å². The summed E-state index contributed by atoms with van der Waals surface area (Å²) in [6, 6.07) is 6.02. The maximum Gasteiger partial charge on any atom is 0.321 e. The summed E-state index contributed by atoms with van der Waals surface area (Å²) < 4.78 is 25.1. The van der Waals surface area contributed by atoms with Crippen molar-refractivity contribution < 1.29 is 18.7 Å². The Morgan fingerprint density at radius 1 is 1.29 bits per heavy atom. The summed E-state index contributed by atoms with van der Waals surface area (Å²) in [6.45, 7) is -2.82. The molecule has 1 aliphatic heterocycles. The topological polar surface area (TPSA) is 40.5 Å². The van der Waals surface area contributed by atoms with E-state index >= 15 is 0 Å². The van der Waals surface area contributed by atoms with Gasteiger partial charge < -0.3 is 5.11 Å². The van der Waals surface area contributed by atoms with E-state index < -0.39 is 18.4 Å². The minimum atomic E-state index is -2.82. The van der Waals surface area contributed by atoms with E-state index in [1.165, 1.54) is 12.1 Å². The monoisotopic (exact) mass is 239 g/mol. The lowest BCUT2D eigenvalue weighted by Gasteiger charge is -2.27. The number of carbonyl (C=O) groups excluding carboxylic acids is 1. The third-order valence-corrected chi connectivity index (χ3v) is 2.70. The number of phenols is 1. The summed E-state index contributed by atoms with van der Waals surface area (Å²) >= 11 is 0. The Bertz CT molecular complexity index is 442. The van der Waals surface area contributed by atoms with Crippen LogP contribution in [0.25, 0.3) is 0 Å². The third kappa shape index (κ3) is 2.27. The number of nitrogens with zero attached hydrogens (tertiary/aromatic N) is 1. The first-order valence-corrected chi connectivity index (χ1v) is 5.15. The number of hydrogen-bond donors (Lipinski definition) is 1. The zero-order chi connectivity index (χ0) is 12.4. The van der Waals surface area contributed by atoms with Gasteiger partial charge in [-0.3, -0.25) is 9.69 Å². The van der Waals surface area contributed by atoms with Crippen molar-refractivity contribution in [3.05, 3.63) is 42.1 Å². The molecule has 0 aromatic heterocycles. The Balaban J connectivity index is 2.25. The summed E-state index contributed by atoms with van der Waals surface area (Å²) in [5.74, 6) is -1.14. The fourth-order valence-corrected chi connectivity index (χ4v) is 1.81. The van der Waals surface area contributed by atoms with Crippen LogP contribution in [0, 0.1) is 0 Å². The molecular formula is C12H11F2NO2. The number of hydrogen-bond acceptors (Lipinski definition) is 2. The van der Waals surface area contributed by atoms with Gasteiger partial charge >= 0.3 is 6.55 Å². The molecule has 1 atom stereocenters. The summed E-state index contributed by atoms with van der Waals surface area (Å²) in [5, 5.41) is 9.13. The van der Waals surface area contributed by atoms with Crippen molar-refractivity contribution in [2.45, 2.75) is 18.9 Å². The van der Waals surface area contributed by atoms with Crippen molar-refractivity contribution in [2.75, 3.05) is 0 Å². The van der Waals surface area contributed by atoms with Crippen LogP contribution >= 0.6 is 0 Å². The molecule has 0 fully saturated rings. The number of allylic oxidation sites excluding steroid dienone is 1. The molecule has 1 heterocycles. The van der Waals surface area contributed by atoms with Gasteiger partial charge in [0, 0.05) is 6.20 Å². The Morgan fingerprint density at radius 2 is 1.94 bits per heavy atom. The molecule has 0 saturated carbocycles. The van der Waals surface area contributed by atoms with Crippen molar-refractivity contribution in [3.8, 4) is 5.75 Å². The third-order valence-electron chi connectivity index (χ3n) is 2.70. The first kappa shape index (κ1) is 11.6. The van der Waals surface area contributed by atoms with Gasteiger partial charge in [0.05, 0.1) is 5.92 Å². The van der Waals surface area contributed by atoms with Gasteiger partial charge in [-0.15, -0.1) is 0 Å². The predicted octanol–water partition coefficient (Wildman–Crippen LogP) is 2.44. The number of amides is 1. The molecule has 1 aromatic rings. The van der Waals surface area contributed by atoms with Gasteiger partial charge in [-0.05, 0) is 24.1 Å². The van der Waals surface area contributed by atoms with E-state index in [0.717, 1.165) is 6.20 Å². The molecular weight excluding hydrogens is 228 g/mol. The maximum atomic E-state index is 12.5. The Morgan fingerprint density at radius 3 is 2.53 bits per heavy atom. The number of carbonyl (C=O) groups is 1. The molecule has 0 aliphatic carbocycles. The van der Waals surface area contributed by atoms with Crippen LogP contribution in [0.15, 0.2) is 36.5 Å². The van der Waals surface area contributed by atoms with Crippen molar-refractivity contribution >= 4 is 5.91 Å². The molecule has 1 aliphatic rings. The first-order valence-electron chi connectivity index (χ1n) is 5.15. The molecule has 1 unspecified atom stereocenters. The van der Waals surface area contributed by atoms with Gasteiger partial charge in [-0.25, -0.2) is 0 Å². The highest BCUT2D eigenvalue weighted by atomic mass is 19.3. The number of rotatable bonds is 2. The van der Waals surface area contributed by atoms with Crippen LogP contribution in [0.5, 0.6) is 5.75 Å². The van der Waals surface area contributed by atoms with Gasteiger partial charge in [-0.1, -0.05) is 18.2 Å². The highest BCUT2D eigenvalue weighted by Gasteiger charge is 2.31. The van der Waals surface area contributed by atoms with E-state index in [2.05, 4.69) is 0 Å². The number of aromatic hydroxyl groups is 1. The van der Waals surface area contributed by atoms with Crippen LogP contribution in [0.4, 0.5) is 8.78 Å². The van der Waals surface area contributed by atoms with E-state index in [4.69, 9.17) is 5.11 Å². The summed E-state index contributed by atoms with van der Waals surface area (Å²) in [7, 11) is 0. The number of alkyl halides is 2. The van der Waals surface area contributed by atoms with Gasteiger partial charge in [-0.2, -0.15) is 8.78 Å². The van der Waals surface area contributed by atoms with Crippen molar-refractivity contribution in [2.24, 2.45) is 0 Å². The molecule has 1 amide bonds. The second-order valence-electron chi connectivity index (χ2n) is 3.79. The Labute approximate surface area is 97.0 Å². The minimum absolute atomic E-state index is 0.0817. The zero-order valence-electron chi connectivity index (χ0n) is 8.88. The average molecular weight is 239 g/mol. The Hall–Kier alpha value is -1.91. The molecule has 0 spiro atoms. The molecule has 3 nitrogen and oxygen atoms in total. The predicted molar refractivity (Wildman–Crippen MR) is 57.5 cm³/mol. The highest BCUT2D eigenvalue weighted by molar-refractivity contribution is 5.85. The van der Waals surface area contributed by atoms with Gasteiger partial charge in [0.2, 0.25) is 5.91 Å². The van der Waals surface area contributed by atoms with Crippen molar-refractivity contribution in [3.63, 3.8) is 0 Å². The van der Waals surface area contributed by atoms with Crippen molar-refractivity contribution in [1.29, 1.82) is 0 Å². The normalized spacial score (nSPS) is 20.1. The minimum Gasteiger partial charge on any atom is -0.508 e. The fourth-order valence-electron chi connectivity index (χ4n) is 1.81. The number of benzene rings is 1. The number of phenolic OH excluding ortho intramolecular Hbond substituents is 1. The second-order valence-corrected chi connectivity index (χ2v) is 3.79. The van der Waals surface area contributed by atoms with Gasteiger partial charge in [0.1, 0.15) is 5.75 Å².